The average molecular weight is 354 g/mol. The van der Waals surface area contributed by atoms with Crippen molar-refractivity contribution in [1.29, 1.82) is 0 Å². The molecule has 5 nitrogen and oxygen atoms in total. The first kappa shape index (κ1) is 20.5. The van der Waals surface area contributed by atoms with E-state index < -0.39 is 6.04 Å². The molecule has 2 rings (SSSR count). The van der Waals surface area contributed by atoms with E-state index in [9.17, 15) is 9.59 Å². The summed E-state index contributed by atoms with van der Waals surface area (Å²) in [7, 11) is 1.84. The summed E-state index contributed by atoms with van der Waals surface area (Å²) >= 11 is 0. The van der Waals surface area contributed by atoms with Gasteiger partial charge >= 0.3 is 0 Å². The molecule has 2 unspecified atom stereocenters. The van der Waals surface area contributed by atoms with E-state index in [0.717, 1.165) is 31.5 Å². The van der Waals surface area contributed by atoms with Crippen LogP contribution in [0.4, 0.5) is 0 Å². The number of nitrogens with one attached hydrogen (secondary N) is 2. The Morgan fingerprint density at radius 3 is 2.62 bits per heavy atom. The van der Waals surface area contributed by atoms with E-state index in [-0.39, 0.29) is 30.3 Å². The Hall–Kier alpha value is -1.59. The van der Waals surface area contributed by atoms with Gasteiger partial charge in [0.15, 0.2) is 0 Å². The molecule has 1 aromatic rings. The van der Waals surface area contributed by atoms with E-state index >= 15 is 0 Å². The molecule has 1 aliphatic rings. The fourth-order valence-electron chi connectivity index (χ4n) is 2.97. The second-order valence-corrected chi connectivity index (χ2v) is 6.17. The standard InChI is InChI=1S/C18H27N3O2.ClH/c1-3-7-16(18(23)21(2)15-10-11-19-13-15)20-17(22)12-14-8-5-4-6-9-14;/h4-6,8-9,15-16,19H,3,7,10-13H2,1-2H3,(H,20,22);1H. The molecular formula is C18H28ClN3O2. The van der Waals surface area contributed by atoms with Crippen LogP contribution in [0.2, 0.25) is 0 Å². The Morgan fingerprint density at radius 1 is 1.33 bits per heavy atom. The highest BCUT2D eigenvalue weighted by atomic mass is 35.5. The molecule has 6 heteroatoms. The Labute approximate surface area is 150 Å². The first-order chi connectivity index (χ1) is 11.1. The summed E-state index contributed by atoms with van der Waals surface area (Å²) in [5, 5.41) is 6.19. The Bertz CT molecular complexity index is 518. The Balaban J connectivity index is 0.00000288. The maximum Gasteiger partial charge on any atom is 0.245 e. The predicted molar refractivity (Wildman–Crippen MR) is 98.3 cm³/mol. The van der Waals surface area contributed by atoms with Crippen molar-refractivity contribution >= 4 is 24.2 Å². The summed E-state index contributed by atoms with van der Waals surface area (Å²) in [6.07, 6.45) is 2.81. The minimum atomic E-state index is -0.429. The van der Waals surface area contributed by atoms with Crippen LogP contribution in [0.25, 0.3) is 0 Å². The number of halogens is 1. The molecule has 0 radical (unpaired) electrons. The molecular weight excluding hydrogens is 326 g/mol. The second-order valence-electron chi connectivity index (χ2n) is 6.17. The van der Waals surface area contributed by atoms with Gasteiger partial charge in [0.1, 0.15) is 6.04 Å². The minimum absolute atomic E-state index is 0. The van der Waals surface area contributed by atoms with E-state index in [4.69, 9.17) is 0 Å². The molecule has 1 saturated heterocycles. The fourth-order valence-corrected chi connectivity index (χ4v) is 2.97. The van der Waals surface area contributed by atoms with Gasteiger partial charge in [-0.2, -0.15) is 0 Å². The third-order valence-corrected chi connectivity index (χ3v) is 4.35. The molecule has 0 spiro atoms. The highest BCUT2D eigenvalue weighted by Crippen LogP contribution is 2.10. The van der Waals surface area contributed by atoms with Crippen molar-refractivity contribution in [3.8, 4) is 0 Å². The number of carbonyl (C=O) groups is 2. The molecule has 1 aliphatic heterocycles. The lowest BCUT2D eigenvalue weighted by molar-refractivity contribution is -0.137. The van der Waals surface area contributed by atoms with Crippen molar-refractivity contribution in [3.05, 3.63) is 35.9 Å². The van der Waals surface area contributed by atoms with Crippen molar-refractivity contribution in [1.82, 2.24) is 15.5 Å². The summed E-state index contributed by atoms with van der Waals surface area (Å²) in [4.78, 5) is 26.7. The summed E-state index contributed by atoms with van der Waals surface area (Å²) < 4.78 is 0. The highest BCUT2D eigenvalue weighted by molar-refractivity contribution is 5.88. The zero-order chi connectivity index (χ0) is 16.7. The number of hydrogen-bond acceptors (Lipinski definition) is 3. The number of carbonyl (C=O) groups excluding carboxylic acids is 2. The molecule has 24 heavy (non-hydrogen) atoms. The summed E-state index contributed by atoms with van der Waals surface area (Å²) in [5.74, 6) is -0.0806. The highest BCUT2D eigenvalue weighted by Gasteiger charge is 2.29. The molecule has 2 atom stereocenters. The van der Waals surface area contributed by atoms with Gasteiger partial charge in [0.25, 0.3) is 0 Å². The van der Waals surface area contributed by atoms with Crippen LogP contribution in [0.5, 0.6) is 0 Å². The first-order valence-corrected chi connectivity index (χ1v) is 8.42. The normalized spacial score (nSPS) is 17.7. The van der Waals surface area contributed by atoms with Gasteiger partial charge in [0.05, 0.1) is 6.42 Å². The van der Waals surface area contributed by atoms with E-state index in [1.807, 2.05) is 44.3 Å². The van der Waals surface area contributed by atoms with Crippen LogP contribution in [0.1, 0.15) is 31.7 Å². The van der Waals surface area contributed by atoms with Crippen molar-refractivity contribution in [2.45, 2.75) is 44.7 Å². The predicted octanol–water partition coefficient (Wildman–Crippen LogP) is 1.76. The molecule has 0 aromatic heterocycles. The summed E-state index contributed by atoms with van der Waals surface area (Å²) in [5.41, 5.74) is 0.959. The van der Waals surface area contributed by atoms with Gasteiger partial charge in [-0.05, 0) is 24.9 Å². The lowest BCUT2D eigenvalue weighted by Crippen LogP contribution is -2.51. The van der Waals surface area contributed by atoms with Crippen LogP contribution < -0.4 is 10.6 Å². The molecule has 1 fully saturated rings. The Kier molecular flexibility index (Phi) is 8.79. The number of benzene rings is 1. The van der Waals surface area contributed by atoms with Gasteiger partial charge in [-0.15, -0.1) is 12.4 Å². The number of amides is 2. The molecule has 0 saturated carbocycles. The van der Waals surface area contributed by atoms with Crippen molar-refractivity contribution in [2.24, 2.45) is 0 Å². The van der Waals surface area contributed by atoms with Crippen LogP contribution in [0.15, 0.2) is 30.3 Å². The third-order valence-electron chi connectivity index (χ3n) is 4.35. The van der Waals surface area contributed by atoms with Gasteiger partial charge < -0.3 is 15.5 Å². The molecule has 134 valence electrons. The number of hydrogen-bond donors (Lipinski definition) is 2. The second kappa shape index (κ2) is 10.3. The molecule has 1 heterocycles. The third kappa shape index (κ3) is 5.80. The smallest absolute Gasteiger partial charge is 0.245 e. The first-order valence-electron chi connectivity index (χ1n) is 8.42. The molecule has 0 aliphatic carbocycles. The van der Waals surface area contributed by atoms with Gasteiger partial charge in [-0.1, -0.05) is 43.7 Å². The zero-order valence-corrected chi connectivity index (χ0v) is 15.3. The van der Waals surface area contributed by atoms with Gasteiger partial charge in [-0.3, -0.25) is 9.59 Å². The van der Waals surface area contributed by atoms with Crippen LogP contribution >= 0.6 is 12.4 Å². The largest absolute Gasteiger partial charge is 0.344 e. The lowest BCUT2D eigenvalue weighted by atomic mass is 10.1. The number of nitrogens with zero attached hydrogens (tertiary/aromatic N) is 1. The van der Waals surface area contributed by atoms with Crippen molar-refractivity contribution in [3.63, 3.8) is 0 Å². The Morgan fingerprint density at radius 2 is 2.04 bits per heavy atom. The molecule has 2 amide bonds. The average Bonchev–Trinajstić information content (AvgIpc) is 3.08. The van der Waals surface area contributed by atoms with E-state index in [1.165, 1.54) is 0 Å². The maximum atomic E-state index is 12.7. The van der Waals surface area contributed by atoms with Gasteiger partial charge in [0, 0.05) is 19.6 Å². The molecule has 1 aromatic carbocycles. The van der Waals surface area contributed by atoms with Gasteiger partial charge in [-0.25, -0.2) is 0 Å². The fraction of sp³-hybridized carbons (Fsp3) is 0.556. The molecule has 0 bridgehead atoms. The van der Waals surface area contributed by atoms with Crippen LogP contribution in [-0.2, 0) is 16.0 Å². The minimum Gasteiger partial charge on any atom is -0.344 e. The van der Waals surface area contributed by atoms with E-state index in [2.05, 4.69) is 10.6 Å². The van der Waals surface area contributed by atoms with Crippen LogP contribution in [0, 0.1) is 0 Å². The zero-order valence-electron chi connectivity index (χ0n) is 14.5. The summed E-state index contributed by atoms with van der Waals surface area (Å²) in [6.45, 7) is 3.81. The lowest BCUT2D eigenvalue weighted by Gasteiger charge is -2.28. The van der Waals surface area contributed by atoms with Gasteiger partial charge in [0.2, 0.25) is 11.8 Å². The van der Waals surface area contributed by atoms with E-state index in [1.54, 1.807) is 4.90 Å². The van der Waals surface area contributed by atoms with E-state index in [0.29, 0.717) is 12.8 Å². The van der Waals surface area contributed by atoms with Crippen LogP contribution in [-0.4, -0.2) is 48.9 Å². The quantitative estimate of drug-likeness (QED) is 0.785. The van der Waals surface area contributed by atoms with Crippen molar-refractivity contribution in [2.75, 3.05) is 20.1 Å². The summed E-state index contributed by atoms with van der Waals surface area (Å²) in [6, 6.07) is 9.40. The monoisotopic (exact) mass is 353 g/mol. The maximum absolute atomic E-state index is 12.7. The van der Waals surface area contributed by atoms with Crippen LogP contribution in [0.3, 0.4) is 0 Å². The van der Waals surface area contributed by atoms with Crippen molar-refractivity contribution < 1.29 is 9.59 Å². The topological polar surface area (TPSA) is 61.4 Å². The number of likely N-dealkylation sites (N-methyl/N-ethyl adjacent to an activating group) is 1. The number of rotatable bonds is 7. The SMILES string of the molecule is CCCC(NC(=O)Cc1ccccc1)C(=O)N(C)C1CCNC1.Cl. The molecule has 2 N–H and O–H groups in total.